The van der Waals surface area contributed by atoms with Crippen LogP contribution in [0.2, 0.25) is 0 Å². The lowest BCUT2D eigenvalue weighted by molar-refractivity contribution is -0.140. The van der Waals surface area contributed by atoms with Gasteiger partial charge in [0.2, 0.25) is 0 Å². The van der Waals surface area contributed by atoms with E-state index in [-0.39, 0.29) is 38.8 Å². The fraction of sp³-hybridized carbons (Fsp3) is 0.176. The smallest absolute Gasteiger partial charge is 0.434 e. The molecule has 8 nitrogen and oxygen atoms in total. The minimum absolute atomic E-state index is 0.0300. The fourth-order valence-corrected chi connectivity index (χ4v) is 6.41. The quantitative estimate of drug-likeness (QED) is 0.160. The number of carbonyl (C=O) groups excluding carboxylic acids is 2. The zero-order valence-electron chi connectivity index (χ0n) is 24.7. The Bertz CT molecular complexity index is 2230. The fourth-order valence-electron chi connectivity index (χ4n) is 5.43. The molecule has 0 spiro atoms. The monoisotopic (exact) mass is 646 g/mol. The zero-order valence-corrected chi connectivity index (χ0v) is 25.5. The highest BCUT2D eigenvalue weighted by atomic mass is 32.1. The summed E-state index contributed by atoms with van der Waals surface area (Å²) < 4.78 is 61.7. The summed E-state index contributed by atoms with van der Waals surface area (Å²) in [6.45, 7) is 2.74. The molecular weight excluding hydrogens is 621 g/mol. The summed E-state index contributed by atoms with van der Waals surface area (Å²) in [5.41, 5.74) is -1.56. The first kappa shape index (κ1) is 30.8. The third kappa shape index (κ3) is 5.45. The van der Waals surface area contributed by atoms with Crippen LogP contribution in [-0.2, 0) is 9.53 Å². The number of alkyl halides is 3. The van der Waals surface area contributed by atoms with Crippen molar-refractivity contribution < 1.29 is 36.7 Å². The second-order valence-corrected chi connectivity index (χ2v) is 11.3. The number of rotatable bonds is 7. The number of furan rings is 1. The number of hydrogen-bond donors (Lipinski definition) is 0. The maximum atomic E-state index is 14.6. The highest BCUT2D eigenvalue weighted by molar-refractivity contribution is 7.07. The maximum Gasteiger partial charge on any atom is 0.434 e. The van der Waals surface area contributed by atoms with Crippen molar-refractivity contribution in [3.63, 3.8) is 0 Å². The maximum absolute atomic E-state index is 14.6. The van der Waals surface area contributed by atoms with Crippen molar-refractivity contribution in [3.8, 4) is 17.1 Å². The van der Waals surface area contributed by atoms with E-state index in [2.05, 4.69) is 4.99 Å². The van der Waals surface area contributed by atoms with Crippen LogP contribution in [0.3, 0.4) is 0 Å². The highest BCUT2D eigenvalue weighted by Crippen LogP contribution is 2.43. The lowest BCUT2D eigenvalue weighted by atomic mass is 9.90. The normalized spacial score (nSPS) is 15.1. The van der Waals surface area contributed by atoms with Crippen molar-refractivity contribution >= 4 is 39.9 Å². The number of nitrogens with zero attached hydrogens (tertiary/aromatic N) is 2. The Hall–Kier alpha value is -5.23. The van der Waals surface area contributed by atoms with Crippen LogP contribution in [-0.4, -0.2) is 36.2 Å². The topological polar surface area (TPSA) is 100 Å². The van der Waals surface area contributed by atoms with Gasteiger partial charge in [-0.05, 0) is 42.8 Å². The van der Waals surface area contributed by atoms with E-state index in [1.807, 2.05) is 0 Å². The lowest BCUT2D eigenvalue weighted by Gasteiger charge is -2.28. The molecule has 0 aliphatic carbocycles. The van der Waals surface area contributed by atoms with Crippen molar-refractivity contribution in [2.24, 2.45) is 4.99 Å². The summed E-state index contributed by atoms with van der Waals surface area (Å²) >= 11 is 0.735. The Labute approximate surface area is 263 Å². The molecule has 0 saturated carbocycles. The number of hydrogen-bond acceptors (Lipinski definition) is 8. The predicted molar refractivity (Wildman–Crippen MR) is 165 cm³/mol. The molecule has 1 aliphatic rings. The molecule has 3 aromatic carbocycles. The average Bonchev–Trinajstić information content (AvgIpc) is 3.63. The van der Waals surface area contributed by atoms with E-state index in [9.17, 15) is 27.6 Å². The molecule has 6 rings (SSSR count). The van der Waals surface area contributed by atoms with E-state index in [0.717, 1.165) is 15.9 Å². The van der Waals surface area contributed by atoms with Crippen LogP contribution in [0, 0.1) is 0 Å². The first-order chi connectivity index (χ1) is 22.0. The first-order valence-electron chi connectivity index (χ1n) is 14.1. The molecule has 0 N–H and O–H groups in total. The van der Waals surface area contributed by atoms with Crippen LogP contribution in [0.5, 0.6) is 5.75 Å². The third-order valence-electron chi connectivity index (χ3n) is 7.50. The number of fused-ring (bicyclic) bond motifs is 2. The summed E-state index contributed by atoms with van der Waals surface area (Å²) in [5, 5.41) is 1.15. The standard InChI is InChI=1S/C34H25F3N2O6S/c1-4-44-32(42)28-29(27-23-8-6-5-7-20(23)13-15-25(27)43-3)39-31(41)26(46-33(39)38-30(28)34(35,36)37)17-22-14-16-24(45-22)21-11-9-19(10-12-21)18(2)40/h5-17,29H,4H2,1-3H3/b26-17-/t29-/m0/s1. The zero-order chi connectivity index (χ0) is 32.7. The van der Waals surface area contributed by atoms with Crippen molar-refractivity contribution in [2.75, 3.05) is 13.7 Å². The first-order valence-corrected chi connectivity index (χ1v) is 14.9. The Kier molecular flexibility index (Phi) is 7.99. The number of carbonyl (C=O) groups is 2. The van der Waals surface area contributed by atoms with Gasteiger partial charge in [0.1, 0.15) is 23.3 Å². The number of allylic oxidation sites excluding steroid dienone is 1. The van der Waals surface area contributed by atoms with Gasteiger partial charge < -0.3 is 13.9 Å². The number of esters is 1. The van der Waals surface area contributed by atoms with Gasteiger partial charge in [0.25, 0.3) is 5.56 Å². The number of thiazole rings is 1. The molecule has 1 aliphatic heterocycles. The molecule has 12 heteroatoms. The third-order valence-corrected chi connectivity index (χ3v) is 8.48. The van der Waals surface area contributed by atoms with Gasteiger partial charge in [-0.25, -0.2) is 9.79 Å². The van der Waals surface area contributed by atoms with Crippen LogP contribution < -0.4 is 19.6 Å². The molecule has 5 aromatic rings. The molecule has 3 heterocycles. The molecule has 0 bridgehead atoms. The SMILES string of the molecule is CCOC(=O)C1=C(C(F)(F)F)N=c2s/c(=C\c3ccc(-c4ccc(C(C)=O)cc4)o3)c(=O)n2[C@H]1c1c(OC)ccc2ccccc12. The molecule has 234 valence electrons. The summed E-state index contributed by atoms with van der Waals surface area (Å²) in [6.07, 6.45) is -3.64. The van der Waals surface area contributed by atoms with Crippen molar-refractivity contribution in [2.45, 2.75) is 26.1 Å². The number of ketones is 1. The van der Waals surface area contributed by atoms with Gasteiger partial charge >= 0.3 is 12.1 Å². The van der Waals surface area contributed by atoms with Crippen LogP contribution in [0.4, 0.5) is 13.2 Å². The largest absolute Gasteiger partial charge is 0.496 e. The predicted octanol–water partition coefficient (Wildman–Crippen LogP) is 5.97. The second kappa shape index (κ2) is 11.9. The Morgan fingerprint density at radius 1 is 1.04 bits per heavy atom. The number of Topliss-reactive ketones (excluding diaryl/α,β-unsaturated/α-hetero) is 1. The average molecular weight is 647 g/mol. The Balaban J connectivity index is 1.59. The van der Waals surface area contributed by atoms with Crippen LogP contribution >= 0.6 is 11.3 Å². The molecule has 0 fully saturated rings. The molecule has 46 heavy (non-hydrogen) atoms. The molecule has 2 aromatic heterocycles. The van der Waals surface area contributed by atoms with E-state index < -0.39 is 35.0 Å². The molecule has 1 atom stereocenters. The molecule has 0 radical (unpaired) electrons. The molecular formula is C34H25F3N2O6S. The van der Waals surface area contributed by atoms with E-state index in [1.165, 1.54) is 27.0 Å². The Morgan fingerprint density at radius 2 is 1.78 bits per heavy atom. The molecule has 0 saturated heterocycles. The van der Waals surface area contributed by atoms with E-state index in [0.29, 0.717) is 27.7 Å². The van der Waals surface area contributed by atoms with Gasteiger partial charge in [0, 0.05) is 22.8 Å². The summed E-state index contributed by atoms with van der Waals surface area (Å²) in [5.74, 6) is -0.442. The number of aromatic nitrogens is 1. The van der Waals surface area contributed by atoms with Gasteiger partial charge in [-0.2, -0.15) is 13.2 Å². The Morgan fingerprint density at radius 3 is 2.46 bits per heavy atom. The number of halogens is 3. The summed E-state index contributed by atoms with van der Waals surface area (Å²) in [7, 11) is 1.36. The van der Waals surface area contributed by atoms with Gasteiger partial charge in [-0.3, -0.25) is 14.2 Å². The van der Waals surface area contributed by atoms with Crippen LogP contribution in [0.15, 0.2) is 98.3 Å². The minimum atomic E-state index is -5.05. The van der Waals surface area contributed by atoms with Crippen molar-refractivity contribution in [1.29, 1.82) is 0 Å². The molecule has 0 amide bonds. The summed E-state index contributed by atoms with van der Waals surface area (Å²) in [6, 6.07) is 18.7. The number of methoxy groups -OCH3 is 1. The van der Waals surface area contributed by atoms with Gasteiger partial charge in [0.05, 0.1) is 23.8 Å². The molecule has 0 unspecified atom stereocenters. The number of ether oxygens (including phenoxy) is 2. The van der Waals surface area contributed by atoms with E-state index in [4.69, 9.17) is 13.9 Å². The highest BCUT2D eigenvalue weighted by Gasteiger charge is 2.46. The van der Waals surface area contributed by atoms with Gasteiger partial charge in [0.15, 0.2) is 16.3 Å². The van der Waals surface area contributed by atoms with E-state index >= 15 is 0 Å². The van der Waals surface area contributed by atoms with Gasteiger partial charge in [-0.15, -0.1) is 0 Å². The van der Waals surface area contributed by atoms with Gasteiger partial charge in [-0.1, -0.05) is 65.9 Å². The van der Waals surface area contributed by atoms with Crippen LogP contribution in [0.1, 0.15) is 41.6 Å². The van der Waals surface area contributed by atoms with E-state index in [1.54, 1.807) is 72.8 Å². The minimum Gasteiger partial charge on any atom is -0.496 e. The summed E-state index contributed by atoms with van der Waals surface area (Å²) in [4.78, 5) is 42.7. The number of benzene rings is 3. The lowest BCUT2D eigenvalue weighted by Crippen LogP contribution is -2.41. The second-order valence-electron chi connectivity index (χ2n) is 10.3. The van der Waals surface area contributed by atoms with Crippen molar-refractivity contribution in [1.82, 2.24) is 4.57 Å². The van der Waals surface area contributed by atoms with Crippen LogP contribution in [0.25, 0.3) is 28.2 Å². The van der Waals surface area contributed by atoms with Crippen molar-refractivity contribution in [3.05, 3.63) is 121 Å².